The standard InChI is InChI=1S/C21H28N2O4/c1-4-27-17-9-7-16(8-10-17)18-19(21(26)23(14(2)3)20(18)25)22-11-5-6-15(12-22)13-24/h7-10,14-15,24H,4-6,11-13H2,1-3H3. The normalized spacial score (nSPS) is 20.9. The van der Waals surface area contributed by atoms with Crippen molar-refractivity contribution in [2.45, 2.75) is 39.7 Å². The number of imide groups is 1. The number of piperidine rings is 1. The van der Waals surface area contributed by atoms with Gasteiger partial charge in [0.15, 0.2) is 0 Å². The summed E-state index contributed by atoms with van der Waals surface area (Å²) in [4.78, 5) is 29.6. The third-order valence-corrected chi connectivity index (χ3v) is 5.15. The van der Waals surface area contributed by atoms with Gasteiger partial charge >= 0.3 is 0 Å². The van der Waals surface area contributed by atoms with Crippen molar-refractivity contribution in [2.24, 2.45) is 5.92 Å². The average molecular weight is 372 g/mol. The van der Waals surface area contributed by atoms with Gasteiger partial charge in [-0.25, -0.2) is 0 Å². The van der Waals surface area contributed by atoms with Crippen molar-refractivity contribution in [3.63, 3.8) is 0 Å². The summed E-state index contributed by atoms with van der Waals surface area (Å²) in [6.07, 6.45) is 1.84. The number of ether oxygens (including phenoxy) is 1. The average Bonchev–Trinajstić information content (AvgIpc) is 2.93. The van der Waals surface area contributed by atoms with Gasteiger partial charge in [-0.1, -0.05) is 12.1 Å². The highest BCUT2D eigenvalue weighted by Crippen LogP contribution is 2.35. The Morgan fingerprint density at radius 1 is 1.19 bits per heavy atom. The highest BCUT2D eigenvalue weighted by molar-refractivity contribution is 6.35. The minimum absolute atomic E-state index is 0.0954. The number of hydrogen-bond donors (Lipinski definition) is 1. The van der Waals surface area contributed by atoms with Crippen LogP contribution in [0.25, 0.3) is 5.57 Å². The van der Waals surface area contributed by atoms with Crippen LogP contribution in [-0.2, 0) is 9.59 Å². The minimum Gasteiger partial charge on any atom is -0.494 e. The Morgan fingerprint density at radius 2 is 1.89 bits per heavy atom. The smallest absolute Gasteiger partial charge is 0.278 e. The molecule has 1 aromatic rings. The molecule has 2 amide bonds. The summed E-state index contributed by atoms with van der Waals surface area (Å²) >= 11 is 0. The van der Waals surface area contributed by atoms with Crippen LogP contribution in [0.5, 0.6) is 5.75 Å². The Balaban J connectivity index is 2.03. The lowest BCUT2D eigenvalue weighted by atomic mass is 9.97. The third-order valence-electron chi connectivity index (χ3n) is 5.15. The van der Waals surface area contributed by atoms with Gasteiger partial charge in [-0.2, -0.15) is 0 Å². The van der Waals surface area contributed by atoms with E-state index in [1.165, 1.54) is 4.90 Å². The lowest BCUT2D eigenvalue weighted by molar-refractivity contribution is -0.139. The molecular weight excluding hydrogens is 344 g/mol. The second-order valence-corrected chi connectivity index (χ2v) is 7.39. The topological polar surface area (TPSA) is 70.1 Å². The number of carbonyl (C=O) groups is 2. The van der Waals surface area contributed by atoms with Gasteiger partial charge in [0.2, 0.25) is 0 Å². The molecule has 27 heavy (non-hydrogen) atoms. The van der Waals surface area contributed by atoms with E-state index in [0.29, 0.717) is 24.4 Å². The predicted octanol–water partition coefficient (Wildman–Crippen LogP) is 2.28. The molecule has 1 unspecified atom stereocenters. The zero-order chi connectivity index (χ0) is 19.6. The number of aliphatic hydroxyl groups is 1. The van der Waals surface area contributed by atoms with Gasteiger partial charge in [-0.15, -0.1) is 0 Å². The van der Waals surface area contributed by atoms with Gasteiger partial charge < -0.3 is 14.7 Å². The van der Waals surface area contributed by atoms with Crippen molar-refractivity contribution in [1.82, 2.24) is 9.80 Å². The number of carbonyl (C=O) groups excluding carboxylic acids is 2. The Bertz CT molecular complexity index is 739. The summed E-state index contributed by atoms with van der Waals surface area (Å²) in [7, 11) is 0. The molecule has 1 N–H and O–H groups in total. The second kappa shape index (κ2) is 8.13. The highest BCUT2D eigenvalue weighted by Gasteiger charge is 2.43. The molecule has 0 bridgehead atoms. The number of benzene rings is 1. The number of aliphatic hydroxyl groups excluding tert-OH is 1. The van der Waals surface area contributed by atoms with Crippen LogP contribution in [0, 0.1) is 5.92 Å². The monoisotopic (exact) mass is 372 g/mol. The lowest BCUT2D eigenvalue weighted by Crippen LogP contribution is -2.42. The maximum atomic E-state index is 13.1. The maximum absolute atomic E-state index is 13.1. The van der Waals surface area contributed by atoms with E-state index in [4.69, 9.17) is 4.74 Å². The van der Waals surface area contributed by atoms with E-state index >= 15 is 0 Å². The van der Waals surface area contributed by atoms with E-state index in [9.17, 15) is 14.7 Å². The van der Waals surface area contributed by atoms with Crippen LogP contribution in [0.4, 0.5) is 0 Å². The first kappa shape index (κ1) is 19.4. The van der Waals surface area contributed by atoms with Gasteiger partial charge in [0, 0.05) is 25.7 Å². The molecule has 1 fully saturated rings. The lowest BCUT2D eigenvalue weighted by Gasteiger charge is -2.34. The molecule has 2 aliphatic heterocycles. The van der Waals surface area contributed by atoms with Crippen LogP contribution >= 0.6 is 0 Å². The number of rotatable bonds is 6. The van der Waals surface area contributed by atoms with Gasteiger partial charge in [-0.3, -0.25) is 14.5 Å². The van der Waals surface area contributed by atoms with Crippen LogP contribution in [-0.4, -0.2) is 59.1 Å². The van der Waals surface area contributed by atoms with Crippen molar-refractivity contribution in [1.29, 1.82) is 0 Å². The number of nitrogens with zero attached hydrogens (tertiary/aromatic N) is 2. The number of amides is 2. The Labute approximate surface area is 160 Å². The van der Waals surface area contributed by atoms with Crippen LogP contribution in [0.1, 0.15) is 39.2 Å². The molecule has 0 saturated carbocycles. The molecule has 1 atom stereocenters. The molecule has 0 spiro atoms. The van der Waals surface area contributed by atoms with Crippen LogP contribution in [0.2, 0.25) is 0 Å². The van der Waals surface area contributed by atoms with E-state index in [1.807, 2.05) is 49.9 Å². The fraction of sp³-hybridized carbons (Fsp3) is 0.524. The minimum atomic E-state index is -0.250. The van der Waals surface area contributed by atoms with E-state index in [0.717, 1.165) is 30.7 Å². The van der Waals surface area contributed by atoms with Crippen LogP contribution in [0.15, 0.2) is 30.0 Å². The van der Waals surface area contributed by atoms with Gasteiger partial charge in [0.1, 0.15) is 11.4 Å². The first-order valence-electron chi connectivity index (χ1n) is 9.69. The summed E-state index contributed by atoms with van der Waals surface area (Å²) in [6.45, 7) is 7.60. The Kier molecular flexibility index (Phi) is 5.85. The maximum Gasteiger partial charge on any atom is 0.278 e. The largest absolute Gasteiger partial charge is 0.494 e. The summed E-state index contributed by atoms with van der Waals surface area (Å²) < 4.78 is 5.49. The summed E-state index contributed by atoms with van der Waals surface area (Å²) in [5.74, 6) is 0.376. The first-order chi connectivity index (χ1) is 13.0. The molecule has 1 aromatic carbocycles. The fourth-order valence-corrected chi connectivity index (χ4v) is 3.86. The number of likely N-dealkylation sites (tertiary alicyclic amines) is 1. The zero-order valence-corrected chi connectivity index (χ0v) is 16.3. The van der Waals surface area contributed by atoms with Gasteiger partial charge in [0.25, 0.3) is 11.8 Å². The molecule has 0 aromatic heterocycles. The molecule has 3 rings (SSSR count). The SMILES string of the molecule is CCOc1ccc(C2=C(N3CCCC(CO)C3)C(=O)N(C(C)C)C2=O)cc1. The molecule has 0 aliphatic carbocycles. The van der Waals surface area contributed by atoms with E-state index in [1.54, 1.807) is 0 Å². The fourth-order valence-electron chi connectivity index (χ4n) is 3.86. The van der Waals surface area contributed by atoms with Crippen LogP contribution in [0.3, 0.4) is 0 Å². The Hall–Kier alpha value is -2.34. The van der Waals surface area contributed by atoms with Gasteiger partial charge in [-0.05, 0) is 57.2 Å². The van der Waals surface area contributed by atoms with E-state index in [2.05, 4.69) is 0 Å². The Morgan fingerprint density at radius 3 is 2.48 bits per heavy atom. The second-order valence-electron chi connectivity index (χ2n) is 7.39. The van der Waals surface area contributed by atoms with Crippen molar-refractivity contribution in [2.75, 3.05) is 26.3 Å². The van der Waals surface area contributed by atoms with Crippen molar-refractivity contribution >= 4 is 17.4 Å². The quantitative estimate of drug-likeness (QED) is 0.776. The zero-order valence-electron chi connectivity index (χ0n) is 16.3. The summed E-state index contributed by atoms with van der Waals surface area (Å²) in [5.41, 5.74) is 1.65. The molecule has 6 nitrogen and oxygen atoms in total. The summed E-state index contributed by atoms with van der Waals surface area (Å²) in [5, 5.41) is 9.55. The molecule has 6 heteroatoms. The molecule has 2 aliphatic rings. The van der Waals surface area contributed by atoms with Crippen molar-refractivity contribution < 1.29 is 19.4 Å². The molecule has 2 heterocycles. The summed E-state index contributed by atoms with van der Waals surface area (Å²) in [6, 6.07) is 7.11. The first-order valence-corrected chi connectivity index (χ1v) is 9.69. The number of hydrogen-bond acceptors (Lipinski definition) is 5. The van der Waals surface area contributed by atoms with Crippen LogP contribution < -0.4 is 4.74 Å². The van der Waals surface area contributed by atoms with E-state index < -0.39 is 0 Å². The predicted molar refractivity (Wildman–Crippen MR) is 103 cm³/mol. The molecule has 0 radical (unpaired) electrons. The van der Waals surface area contributed by atoms with E-state index in [-0.39, 0.29) is 30.4 Å². The van der Waals surface area contributed by atoms with Crippen molar-refractivity contribution in [3.8, 4) is 5.75 Å². The van der Waals surface area contributed by atoms with Gasteiger partial charge in [0.05, 0.1) is 12.2 Å². The van der Waals surface area contributed by atoms with Crippen molar-refractivity contribution in [3.05, 3.63) is 35.5 Å². The molecule has 1 saturated heterocycles. The molecular formula is C21H28N2O4. The molecule has 146 valence electrons. The third kappa shape index (κ3) is 3.72. The highest BCUT2D eigenvalue weighted by atomic mass is 16.5.